The first-order valence-corrected chi connectivity index (χ1v) is 6.34. The van der Waals surface area contributed by atoms with Gasteiger partial charge in [0, 0.05) is 24.4 Å². The standard InChI is InChI=1S/C15H13F3N2O2/c1-22-13-6-5-10(8-19-13)9-20-14(21)11-3-2-4-12(7-11)15(16,17)18/h2-8H,9H2,1H3,(H,20,21). The smallest absolute Gasteiger partial charge is 0.416 e. The summed E-state index contributed by atoms with van der Waals surface area (Å²) in [5.74, 6) is -0.144. The number of methoxy groups -OCH3 is 1. The number of carbonyl (C=O) groups is 1. The van der Waals surface area contributed by atoms with E-state index in [1.807, 2.05) is 0 Å². The zero-order chi connectivity index (χ0) is 16.2. The lowest BCUT2D eigenvalue weighted by Crippen LogP contribution is -2.23. The van der Waals surface area contributed by atoms with Crippen molar-refractivity contribution in [2.24, 2.45) is 0 Å². The number of pyridine rings is 1. The van der Waals surface area contributed by atoms with Gasteiger partial charge in [0.25, 0.3) is 5.91 Å². The Hall–Kier alpha value is -2.57. The number of alkyl halides is 3. The van der Waals surface area contributed by atoms with Gasteiger partial charge in [0.2, 0.25) is 5.88 Å². The van der Waals surface area contributed by atoms with Crippen molar-refractivity contribution in [1.82, 2.24) is 10.3 Å². The Bertz CT molecular complexity index is 655. The SMILES string of the molecule is COc1ccc(CNC(=O)c2cccc(C(F)(F)F)c2)cn1. The van der Waals surface area contributed by atoms with Crippen LogP contribution in [0.4, 0.5) is 13.2 Å². The van der Waals surface area contributed by atoms with Gasteiger partial charge >= 0.3 is 6.18 Å². The quantitative estimate of drug-likeness (QED) is 0.944. The van der Waals surface area contributed by atoms with E-state index in [4.69, 9.17) is 4.74 Å². The molecule has 0 fully saturated rings. The summed E-state index contributed by atoms with van der Waals surface area (Å²) in [5.41, 5.74) is -0.191. The van der Waals surface area contributed by atoms with Gasteiger partial charge in [-0.25, -0.2) is 4.98 Å². The molecule has 0 aliphatic rings. The molecule has 0 spiro atoms. The maximum Gasteiger partial charge on any atom is 0.416 e. The molecule has 116 valence electrons. The molecular weight excluding hydrogens is 297 g/mol. The molecule has 1 amide bonds. The van der Waals surface area contributed by atoms with E-state index in [-0.39, 0.29) is 12.1 Å². The predicted octanol–water partition coefficient (Wildman–Crippen LogP) is 3.04. The Morgan fingerprint density at radius 1 is 1.27 bits per heavy atom. The van der Waals surface area contributed by atoms with Crippen LogP contribution in [0.15, 0.2) is 42.6 Å². The molecule has 0 radical (unpaired) electrons. The number of benzene rings is 1. The Kier molecular flexibility index (Phi) is 4.65. The van der Waals surface area contributed by atoms with E-state index in [2.05, 4.69) is 10.3 Å². The van der Waals surface area contributed by atoms with Crippen LogP contribution in [0.1, 0.15) is 21.5 Å². The first-order valence-electron chi connectivity index (χ1n) is 6.34. The summed E-state index contributed by atoms with van der Waals surface area (Å²) in [5, 5.41) is 2.54. The monoisotopic (exact) mass is 310 g/mol. The highest BCUT2D eigenvalue weighted by Gasteiger charge is 2.30. The molecule has 2 aromatic rings. The minimum atomic E-state index is -4.48. The van der Waals surface area contributed by atoms with Crippen molar-refractivity contribution in [3.05, 3.63) is 59.3 Å². The lowest BCUT2D eigenvalue weighted by molar-refractivity contribution is -0.137. The summed E-state index contributed by atoms with van der Waals surface area (Å²) in [6.07, 6.45) is -2.96. The van der Waals surface area contributed by atoms with Crippen molar-refractivity contribution in [2.75, 3.05) is 7.11 Å². The van der Waals surface area contributed by atoms with Crippen LogP contribution < -0.4 is 10.1 Å². The average Bonchev–Trinajstić information content (AvgIpc) is 2.52. The fraction of sp³-hybridized carbons (Fsp3) is 0.200. The minimum absolute atomic E-state index is 0.0451. The number of halogens is 3. The lowest BCUT2D eigenvalue weighted by Gasteiger charge is -2.09. The molecule has 0 bridgehead atoms. The topological polar surface area (TPSA) is 51.2 Å². The second kappa shape index (κ2) is 6.46. The van der Waals surface area contributed by atoms with Gasteiger partial charge in [-0.1, -0.05) is 12.1 Å². The van der Waals surface area contributed by atoms with Crippen LogP contribution >= 0.6 is 0 Å². The van der Waals surface area contributed by atoms with Crippen LogP contribution in [0, 0.1) is 0 Å². The molecule has 1 heterocycles. The number of nitrogens with zero attached hydrogens (tertiary/aromatic N) is 1. The van der Waals surface area contributed by atoms with Gasteiger partial charge in [0.1, 0.15) is 0 Å². The predicted molar refractivity (Wildman–Crippen MR) is 73.4 cm³/mol. The third-order valence-electron chi connectivity index (χ3n) is 2.91. The van der Waals surface area contributed by atoms with Crippen molar-refractivity contribution in [2.45, 2.75) is 12.7 Å². The van der Waals surface area contributed by atoms with Crippen molar-refractivity contribution in [1.29, 1.82) is 0 Å². The van der Waals surface area contributed by atoms with Crippen molar-refractivity contribution < 1.29 is 22.7 Å². The molecule has 0 unspecified atom stereocenters. The molecule has 0 saturated heterocycles. The fourth-order valence-corrected chi connectivity index (χ4v) is 1.76. The van der Waals surface area contributed by atoms with Crippen molar-refractivity contribution >= 4 is 5.91 Å². The number of nitrogens with one attached hydrogen (secondary N) is 1. The van der Waals surface area contributed by atoms with Gasteiger partial charge in [0.15, 0.2) is 0 Å². The first-order chi connectivity index (χ1) is 10.4. The summed E-state index contributed by atoms with van der Waals surface area (Å²) in [6.45, 7) is 0.159. The second-order valence-electron chi connectivity index (χ2n) is 4.47. The molecule has 4 nitrogen and oxygen atoms in total. The van der Waals surface area contributed by atoms with Gasteiger partial charge < -0.3 is 10.1 Å². The molecule has 1 aromatic heterocycles. The number of carbonyl (C=O) groups excluding carboxylic acids is 1. The highest BCUT2D eigenvalue weighted by molar-refractivity contribution is 5.94. The van der Waals surface area contributed by atoms with Gasteiger partial charge in [-0.3, -0.25) is 4.79 Å². The van der Waals surface area contributed by atoms with Gasteiger partial charge in [-0.15, -0.1) is 0 Å². The summed E-state index contributed by atoms with van der Waals surface area (Å²) in [7, 11) is 1.48. The lowest BCUT2D eigenvalue weighted by atomic mass is 10.1. The molecule has 1 aromatic carbocycles. The number of ether oxygens (including phenoxy) is 1. The van der Waals surface area contributed by atoms with E-state index < -0.39 is 17.6 Å². The van der Waals surface area contributed by atoms with Crippen LogP contribution in [0.5, 0.6) is 5.88 Å². The van der Waals surface area contributed by atoms with Crippen LogP contribution in [0.25, 0.3) is 0 Å². The van der Waals surface area contributed by atoms with Crippen LogP contribution in [-0.4, -0.2) is 18.0 Å². The normalized spacial score (nSPS) is 11.1. The third-order valence-corrected chi connectivity index (χ3v) is 2.91. The maximum absolute atomic E-state index is 12.6. The third kappa shape index (κ3) is 3.97. The molecule has 7 heteroatoms. The number of aromatic nitrogens is 1. The molecule has 1 N–H and O–H groups in total. The van der Waals surface area contributed by atoms with E-state index >= 15 is 0 Å². The Morgan fingerprint density at radius 2 is 2.05 bits per heavy atom. The fourth-order valence-electron chi connectivity index (χ4n) is 1.76. The van der Waals surface area contributed by atoms with Gasteiger partial charge in [-0.05, 0) is 23.8 Å². The molecule has 0 saturated carbocycles. The second-order valence-corrected chi connectivity index (χ2v) is 4.47. The van der Waals surface area contributed by atoms with Crippen LogP contribution in [-0.2, 0) is 12.7 Å². The van der Waals surface area contributed by atoms with Crippen molar-refractivity contribution in [3.63, 3.8) is 0 Å². The molecule has 2 rings (SSSR count). The largest absolute Gasteiger partial charge is 0.481 e. The molecular formula is C15H13F3N2O2. The van der Waals surface area contributed by atoms with E-state index in [1.165, 1.54) is 25.4 Å². The molecule has 0 atom stereocenters. The van der Waals surface area contributed by atoms with Gasteiger partial charge in [0.05, 0.1) is 12.7 Å². The number of hydrogen-bond acceptors (Lipinski definition) is 3. The van der Waals surface area contributed by atoms with E-state index in [0.717, 1.165) is 12.1 Å². The van der Waals surface area contributed by atoms with Gasteiger partial charge in [-0.2, -0.15) is 13.2 Å². The van der Waals surface area contributed by atoms with Crippen molar-refractivity contribution in [3.8, 4) is 5.88 Å². The summed E-state index contributed by atoms with van der Waals surface area (Å²) >= 11 is 0. The number of hydrogen-bond donors (Lipinski definition) is 1. The maximum atomic E-state index is 12.6. The molecule has 0 aliphatic carbocycles. The van der Waals surface area contributed by atoms with Crippen LogP contribution in [0.3, 0.4) is 0 Å². The number of amides is 1. The highest BCUT2D eigenvalue weighted by Crippen LogP contribution is 2.29. The average molecular weight is 310 g/mol. The first kappa shape index (κ1) is 15.8. The van der Waals surface area contributed by atoms with Crippen LogP contribution in [0.2, 0.25) is 0 Å². The minimum Gasteiger partial charge on any atom is -0.481 e. The summed E-state index contributed by atoms with van der Waals surface area (Å²) in [6, 6.07) is 7.61. The molecule has 0 aliphatic heterocycles. The molecule has 22 heavy (non-hydrogen) atoms. The van der Waals surface area contributed by atoms with E-state index in [9.17, 15) is 18.0 Å². The zero-order valence-corrected chi connectivity index (χ0v) is 11.6. The zero-order valence-electron chi connectivity index (χ0n) is 11.6. The highest BCUT2D eigenvalue weighted by atomic mass is 19.4. The van der Waals surface area contributed by atoms with E-state index in [1.54, 1.807) is 12.1 Å². The Labute approximate surface area is 124 Å². The van der Waals surface area contributed by atoms with E-state index in [0.29, 0.717) is 11.4 Å². The summed E-state index contributed by atoms with van der Waals surface area (Å²) in [4.78, 5) is 15.9. The Balaban J connectivity index is 2.03. The Morgan fingerprint density at radius 3 is 2.64 bits per heavy atom. The summed E-state index contributed by atoms with van der Waals surface area (Å²) < 4.78 is 42.7. The number of rotatable bonds is 4.